The number of rotatable bonds is 2. The molecule has 0 N–H and O–H groups in total. The van der Waals surface area contributed by atoms with Gasteiger partial charge in [-0.3, -0.25) is 19.2 Å². The number of carbonyl (C=O) groups is 4. The molecule has 5 aliphatic rings. The van der Waals surface area contributed by atoms with Crippen LogP contribution >= 0.6 is 22.7 Å². The fourth-order valence-electron chi connectivity index (χ4n) is 5.26. The second kappa shape index (κ2) is 5.42. The van der Waals surface area contributed by atoms with Gasteiger partial charge in [0.25, 0.3) is 0 Å². The summed E-state index contributed by atoms with van der Waals surface area (Å²) in [5.74, 6) is -4.73. The molecule has 4 amide bonds. The Balaban J connectivity index is 1.44. The molecular formula is C18H12N4O4S2. The van der Waals surface area contributed by atoms with Crippen LogP contribution < -0.4 is 9.80 Å². The van der Waals surface area contributed by atoms with E-state index in [0.717, 1.165) is 9.80 Å². The molecule has 7 rings (SSSR count). The quantitative estimate of drug-likeness (QED) is 0.545. The van der Waals surface area contributed by atoms with Gasteiger partial charge in [-0.2, -0.15) is 0 Å². The fraction of sp³-hybridized carbons (Fsp3) is 0.333. The number of allylic oxidation sites excluding steroid dienone is 2. The van der Waals surface area contributed by atoms with Gasteiger partial charge in [-0.15, -0.1) is 22.7 Å². The van der Waals surface area contributed by atoms with Gasteiger partial charge in [-0.05, 0) is 0 Å². The van der Waals surface area contributed by atoms with E-state index in [1.165, 1.54) is 22.7 Å². The van der Waals surface area contributed by atoms with Crippen LogP contribution in [-0.4, -0.2) is 33.6 Å². The zero-order valence-corrected chi connectivity index (χ0v) is 15.8. The molecule has 0 radical (unpaired) electrons. The molecular weight excluding hydrogens is 400 g/mol. The van der Waals surface area contributed by atoms with Gasteiger partial charge in [0.1, 0.15) is 0 Å². The second-order valence-corrected chi connectivity index (χ2v) is 9.04. The first-order valence-corrected chi connectivity index (χ1v) is 10.6. The average Bonchev–Trinajstić information content (AvgIpc) is 3.46. The van der Waals surface area contributed by atoms with E-state index in [9.17, 15) is 19.2 Å². The van der Waals surface area contributed by atoms with E-state index in [-0.39, 0.29) is 23.6 Å². The summed E-state index contributed by atoms with van der Waals surface area (Å²) in [6, 6.07) is 0. The van der Waals surface area contributed by atoms with E-state index >= 15 is 0 Å². The van der Waals surface area contributed by atoms with Crippen LogP contribution in [0.25, 0.3) is 0 Å². The topological polar surface area (TPSA) is 101 Å². The average molecular weight is 412 g/mol. The molecule has 2 aliphatic heterocycles. The molecule has 1 saturated carbocycles. The van der Waals surface area contributed by atoms with E-state index in [2.05, 4.69) is 9.97 Å². The summed E-state index contributed by atoms with van der Waals surface area (Å²) in [5.41, 5.74) is 0. The molecule has 2 aromatic heterocycles. The highest BCUT2D eigenvalue weighted by atomic mass is 32.1. The highest BCUT2D eigenvalue weighted by Crippen LogP contribution is 2.58. The first-order valence-electron chi connectivity index (χ1n) is 8.82. The van der Waals surface area contributed by atoms with Gasteiger partial charge < -0.3 is 0 Å². The SMILES string of the molecule is O=C1[C@@H]2C3C=CC([C@H]2C(=O)N1c1nccs1)[C@@H]1C(=O)N(c2nccs2)C(=O)[C@H]31. The third kappa shape index (κ3) is 1.79. The highest BCUT2D eigenvalue weighted by molar-refractivity contribution is 7.14. The van der Waals surface area contributed by atoms with Gasteiger partial charge >= 0.3 is 0 Å². The Bertz CT molecular complexity index is 935. The number of aromatic nitrogens is 2. The maximum Gasteiger partial charge on any atom is 0.240 e. The van der Waals surface area contributed by atoms with Crippen LogP contribution in [0.3, 0.4) is 0 Å². The highest BCUT2D eigenvalue weighted by Gasteiger charge is 2.69. The lowest BCUT2D eigenvalue weighted by Gasteiger charge is -2.44. The molecule has 2 aromatic rings. The predicted molar refractivity (Wildman–Crippen MR) is 99.3 cm³/mol. The van der Waals surface area contributed by atoms with E-state index in [0.29, 0.717) is 10.3 Å². The standard InChI is InChI=1S/C18H12N4O4S2/c23-13-9-7-1-2-8(11(9)15(25)21(13)17-19-3-5-27-17)12-10(7)14(24)22(16(12)26)18-20-4-6-28-18/h1-12H/t7?,8?,9-,10-,11-,12+/m1/s1. The largest absolute Gasteiger partial charge is 0.274 e. The van der Waals surface area contributed by atoms with Crippen molar-refractivity contribution < 1.29 is 19.2 Å². The Hall–Kier alpha value is -2.72. The zero-order chi connectivity index (χ0) is 19.2. The van der Waals surface area contributed by atoms with Crippen molar-refractivity contribution >= 4 is 56.6 Å². The van der Waals surface area contributed by atoms with Gasteiger partial charge in [0.2, 0.25) is 23.6 Å². The monoisotopic (exact) mass is 412 g/mol. The lowest BCUT2D eigenvalue weighted by molar-refractivity contribution is -0.137. The molecule has 4 heterocycles. The van der Waals surface area contributed by atoms with E-state index < -0.39 is 35.5 Å². The van der Waals surface area contributed by atoms with Gasteiger partial charge in [0, 0.05) is 35.0 Å². The van der Waals surface area contributed by atoms with E-state index in [1.807, 2.05) is 12.2 Å². The Kier molecular flexibility index (Phi) is 3.15. The molecule has 8 nitrogen and oxygen atoms in total. The van der Waals surface area contributed by atoms with Crippen molar-refractivity contribution in [3.63, 3.8) is 0 Å². The summed E-state index contributed by atoms with van der Waals surface area (Å²) in [5, 5.41) is 4.10. The predicted octanol–water partition coefficient (Wildman–Crippen LogP) is 1.33. The molecule has 28 heavy (non-hydrogen) atoms. The first kappa shape index (κ1) is 16.3. The lowest BCUT2D eigenvalue weighted by Crippen LogP contribution is -2.50. The molecule has 2 bridgehead atoms. The minimum Gasteiger partial charge on any atom is -0.274 e. The molecule has 3 fully saturated rings. The summed E-state index contributed by atoms with van der Waals surface area (Å²) >= 11 is 2.44. The lowest BCUT2D eigenvalue weighted by atomic mass is 9.54. The van der Waals surface area contributed by atoms with Crippen LogP contribution in [0.5, 0.6) is 0 Å². The number of anilines is 2. The van der Waals surface area contributed by atoms with Gasteiger partial charge in [-0.1, -0.05) is 12.2 Å². The fourth-order valence-corrected chi connectivity index (χ4v) is 6.56. The number of imide groups is 2. The maximum atomic E-state index is 13.1. The number of amides is 4. The van der Waals surface area contributed by atoms with Crippen molar-refractivity contribution in [3.8, 4) is 0 Å². The van der Waals surface area contributed by atoms with Gasteiger partial charge in [-0.25, -0.2) is 19.8 Å². The van der Waals surface area contributed by atoms with Crippen molar-refractivity contribution in [2.45, 2.75) is 0 Å². The number of hydrogen-bond acceptors (Lipinski definition) is 8. The number of carbonyl (C=O) groups excluding carboxylic acids is 4. The first-order chi connectivity index (χ1) is 13.6. The minimum atomic E-state index is -0.624. The van der Waals surface area contributed by atoms with E-state index in [1.54, 1.807) is 23.2 Å². The molecule has 2 saturated heterocycles. The summed E-state index contributed by atoms with van der Waals surface area (Å²) in [6.45, 7) is 0. The smallest absolute Gasteiger partial charge is 0.240 e. The van der Waals surface area contributed by atoms with Gasteiger partial charge in [0.05, 0.1) is 23.7 Å². The van der Waals surface area contributed by atoms with Crippen LogP contribution in [0, 0.1) is 35.5 Å². The molecule has 3 aliphatic carbocycles. The van der Waals surface area contributed by atoms with Crippen LogP contribution in [0.1, 0.15) is 0 Å². The maximum absolute atomic E-state index is 13.1. The van der Waals surface area contributed by atoms with Gasteiger partial charge in [0.15, 0.2) is 10.3 Å². The third-order valence-electron chi connectivity index (χ3n) is 6.23. The van der Waals surface area contributed by atoms with Crippen LogP contribution in [0.2, 0.25) is 0 Å². The minimum absolute atomic E-state index is 0.323. The number of nitrogens with zero attached hydrogens (tertiary/aromatic N) is 4. The van der Waals surface area contributed by atoms with Crippen LogP contribution in [0.15, 0.2) is 35.3 Å². The summed E-state index contributed by atoms with van der Waals surface area (Å²) in [6.07, 6.45) is 6.78. The molecule has 0 aromatic carbocycles. The normalized spacial score (nSPS) is 35.9. The Morgan fingerprint density at radius 1 is 0.643 bits per heavy atom. The van der Waals surface area contributed by atoms with Crippen LogP contribution in [0.4, 0.5) is 10.3 Å². The number of hydrogen-bond donors (Lipinski definition) is 0. The Labute approximate surface area is 166 Å². The molecule has 140 valence electrons. The van der Waals surface area contributed by atoms with Crippen molar-refractivity contribution in [1.82, 2.24) is 9.97 Å². The molecule has 10 heteroatoms. The van der Waals surface area contributed by atoms with Crippen molar-refractivity contribution in [1.29, 1.82) is 0 Å². The van der Waals surface area contributed by atoms with Crippen molar-refractivity contribution in [2.24, 2.45) is 35.5 Å². The Morgan fingerprint density at radius 2 is 1.00 bits per heavy atom. The summed E-state index contributed by atoms with van der Waals surface area (Å²) < 4.78 is 0. The van der Waals surface area contributed by atoms with Crippen molar-refractivity contribution in [2.75, 3.05) is 9.80 Å². The second-order valence-electron chi connectivity index (χ2n) is 7.30. The van der Waals surface area contributed by atoms with Crippen molar-refractivity contribution in [3.05, 3.63) is 35.3 Å². The molecule has 2 unspecified atom stereocenters. The Morgan fingerprint density at radius 3 is 1.29 bits per heavy atom. The third-order valence-corrected chi connectivity index (χ3v) is 7.74. The summed E-state index contributed by atoms with van der Waals surface area (Å²) in [7, 11) is 0. The zero-order valence-electron chi connectivity index (χ0n) is 14.2. The molecule has 6 atom stereocenters. The molecule has 0 spiro atoms. The van der Waals surface area contributed by atoms with E-state index in [4.69, 9.17) is 0 Å². The number of thiazole rings is 2. The van der Waals surface area contributed by atoms with Crippen LogP contribution in [-0.2, 0) is 19.2 Å². The summed E-state index contributed by atoms with van der Waals surface area (Å²) in [4.78, 5) is 63.1.